The van der Waals surface area contributed by atoms with Crippen LogP contribution in [0.4, 0.5) is 10.5 Å². The van der Waals surface area contributed by atoms with Crippen molar-refractivity contribution in [3.05, 3.63) is 28.8 Å². The second-order valence-electron chi connectivity index (χ2n) is 8.11. The van der Waals surface area contributed by atoms with Gasteiger partial charge in [-0.25, -0.2) is 9.59 Å². The molecule has 0 bridgehead atoms. The molecule has 1 N–H and O–H groups in total. The lowest BCUT2D eigenvalue weighted by Crippen LogP contribution is -2.29. The van der Waals surface area contributed by atoms with E-state index in [1.54, 1.807) is 26.8 Å². The van der Waals surface area contributed by atoms with Crippen molar-refractivity contribution in [3.63, 3.8) is 0 Å². The molecule has 0 spiro atoms. The summed E-state index contributed by atoms with van der Waals surface area (Å²) in [4.78, 5) is 24.8. The maximum absolute atomic E-state index is 12.7. The standard InChI is InChI=1S/C19H27NO4/c1-18(2,3)23-16(21)15-13-9-7-8-12(13)10-11-14(15)20-17(22)24-19(4,5)6/h10-11H,7-9H2,1-6H3,(H,20,22). The molecule has 132 valence electrons. The summed E-state index contributed by atoms with van der Waals surface area (Å²) >= 11 is 0. The normalized spacial score (nSPS) is 14.1. The number of aryl methyl sites for hydroxylation is 1. The zero-order chi connectivity index (χ0) is 18.1. The third kappa shape index (κ3) is 4.73. The zero-order valence-corrected chi connectivity index (χ0v) is 15.4. The minimum atomic E-state index is -0.604. The number of fused-ring (bicyclic) bond motifs is 1. The van der Waals surface area contributed by atoms with E-state index in [1.807, 2.05) is 26.8 Å². The average molecular weight is 333 g/mol. The number of rotatable bonds is 2. The second-order valence-corrected chi connectivity index (χ2v) is 8.11. The topological polar surface area (TPSA) is 64.6 Å². The Balaban J connectivity index is 2.34. The minimum Gasteiger partial charge on any atom is -0.456 e. The van der Waals surface area contributed by atoms with Crippen molar-refractivity contribution in [2.45, 2.75) is 72.0 Å². The lowest BCUT2D eigenvalue weighted by Gasteiger charge is -2.23. The molecule has 24 heavy (non-hydrogen) atoms. The molecule has 1 aliphatic carbocycles. The molecule has 0 saturated carbocycles. The lowest BCUT2D eigenvalue weighted by atomic mass is 10.0. The van der Waals surface area contributed by atoms with Crippen molar-refractivity contribution < 1.29 is 19.1 Å². The van der Waals surface area contributed by atoms with E-state index in [-0.39, 0.29) is 0 Å². The van der Waals surface area contributed by atoms with Gasteiger partial charge in [-0.2, -0.15) is 0 Å². The number of carbonyl (C=O) groups is 2. The molecule has 0 saturated heterocycles. The highest BCUT2D eigenvalue weighted by molar-refractivity contribution is 6.01. The summed E-state index contributed by atoms with van der Waals surface area (Å²) in [5.41, 5.74) is 1.81. The summed E-state index contributed by atoms with van der Waals surface area (Å²) < 4.78 is 10.8. The van der Waals surface area contributed by atoms with Gasteiger partial charge in [0, 0.05) is 0 Å². The van der Waals surface area contributed by atoms with Crippen molar-refractivity contribution in [1.82, 2.24) is 0 Å². The Kier molecular flexibility index (Phi) is 4.92. The van der Waals surface area contributed by atoms with Crippen molar-refractivity contribution in [2.24, 2.45) is 0 Å². The van der Waals surface area contributed by atoms with Crippen molar-refractivity contribution >= 4 is 17.7 Å². The van der Waals surface area contributed by atoms with Crippen LogP contribution in [0.15, 0.2) is 12.1 Å². The first-order valence-electron chi connectivity index (χ1n) is 8.34. The first-order valence-corrected chi connectivity index (χ1v) is 8.34. The molecule has 2 rings (SSSR count). The molecule has 0 fully saturated rings. The third-order valence-electron chi connectivity index (χ3n) is 3.52. The van der Waals surface area contributed by atoms with Gasteiger partial charge in [-0.3, -0.25) is 5.32 Å². The maximum Gasteiger partial charge on any atom is 0.412 e. The molecule has 0 aromatic heterocycles. The van der Waals surface area contributed by atoms with E-state index in [0.29, 0.717) is 11.3 Å². The number of benzene rings is 1. The molecule has 0 atom stereocenters. The highest BCUT2D eigenvalue weighted by Crippen LogP contribution is 2.32. The number of ether oxygens (including phenoxy) is 2. The number of amides is 1. The summed E-state index contributed by atoms with van der Waals surface area (Å²) in [6.07, 6.45) is 2.18. The number of hydrogen-bond acceptors (Lipinski definition) is 4. The van der Waals surface area contributed by atoms with Crippen LogP contribution in [-0.4, -0.2) is 23.3 Å². The van der Waals surface area contributed by atoms with E-state index in [0.717, 1.165) is 30.4 Å². The summed E-state index contributed by atoms with van der Waals surface area (Å²) in [5.74, 6) is -0.410. The van der Waals surface area contributed by atoms with Gasteiger partial charge in [0.25, 0.3) is 0 Å². The Labute approximate surface area is 143 Å². The van der Waals surface area contributed by atoms with E-state index in [9.17, 15) is 9.59 Å². The highest BCUT2D eigenvalue weighted by Gasteiger charge is 2.28. The van der Waals surface area contributed by atoms with E-state index in [1.165, 1.54) is 0 Å². The molecule has 1 amide bonds. The number of anilines is 1. The molecule has 0 radical (unpaired) electrons. The van der Waals surface area contributed by atoms with Gasteiger partial charge in [0.05, 0.1) is 11.3 Å². The SMILES string of the molecule is CC(C)(C)OC(=O)Nc1ccc2c(c1C(=O)OC(C)(C)C)CCC2. The van der Waals surface area contributed by atoms with Gasteiger partial charge >= 0.3 is 12.1 Å². The first-order chi connectivity index (χ1) is 11.0. The zero-order valence-electron chi connectivity index (χ0n) is 15.4. The molecule has 5 nitrogen and oxygen atoms in total. The van der Waals surface area contributed by atoms with Gasteiger partial charge in [-0.05, 0) is 78.0 Å². The van der Waals surface area contributed by atoms with Gasteiger partial charge < -0.3 is 9.47 Å². The monoisotopic (exact) mass is 333 g/mol. The minimum absolute atomic E-state index is 0.410. The Bertz CT molecular complexity index is 651. The molecular weight excluding hydrogens is 306 g/mol. The number of esters is 1. The van der Waals surface area contributed by atoms with Crippen LogP contribution < -0.4 is 5.32 Å². The van der Waals surface area contributed by atoms with E-state index >= 15 is 0 Å². The van der Waals surface area contributed by atoms with Gasteiger partial charge in [0.15, 0.2) is 0 Å². The molecule has 0 unspecified atom stereocenters. The fourth-order valence-corrected chi connectivity index (χ4v) is 2.75. The highest BCUT2D eigenvalue weighted by atomic mass is 16.6. The summed E-state index contributed by atoms with van der Waals surface area (Å²) in [6, 6.07) is 3.72. The quantitative estimate of drug-likeness (QED) is 0.811. The molecule has 5 heteroatoms. The van der Waals surface area contributed by atoms with Crippen molar-refractivity contribution in [3.8, 4) is 0 Å². The van der Waals surface area contributed by atoms with Crippen LogP contribution in [0, 0.1) is 0 Å². The number of nitrogens with one attached hydrogen (secondary N) is 1. The van der Waals surface area contributed by atoms with Crippen LogP contribution >= 0.6 is 0 Å². The van der Waals surface area contributed by atoms with E-state index in [2.05, 4.69) is 5.32 Å². The Morgan fingerprint density at radius 3 is 2.17 bits per heavy atom. The fraction of sp³-hybridized carbons (Fsp3) is 0.579. The van der Waals surface area contributed by atoms with Gasteiger partial charge in [-0.1, -0.05) is 6.07 Å². The Morgan fingerprint density at radius 1 is 0.958 bits per heavy atom. The number of hydrogen-bond donors (Lipinski definition) is 1. The molecular formula is C19H27NO4. The van der Waals surface area contributed by atoms with Crippen LogP contribution in [0.2, 0.25) is 0 Å². The van der Waals surface area contributed by atoms with Crippen LogP contribution in [0.1, 0.15) is 69.4 Å². The van der Waals surface area contributed by atoms with Crippen LogP contribution in [-0.2, 0) is 22.3 Å². The second kappa shape index (κ2) is 6.46. The molecule has 0 heterocycles. The summed E-state index contributed by atoms with van der Waals surface area (Å²) in [7, 11) is 0. The smallest absolute Gasteiger partial charge is 0.412 e. The van der Waals surface area contributed by atoms with Gasteiger partial charge in [-0.15, -0.1) is 0 Å². The van der Waals surface area contributed by atoms with Crippen LogP contribution in [0.3, 0.4) is 0 Å². The van der Waals surface area contributed by atoms with E-state index < -0.39 is 23.3 Å². The third-order valence-corrected chi connectivity index (χ3v) is 3.52. The van der Waals surface area contributed by atoms with Crippen molar-refractivity contribution in [2.75, 3.05) is 5.32 Å². The van der Waals surface area contributed by atoms with Crippen LogP contribution in [0.5, 0.6) is 0 Å². The molecule has 1 aliphatic rings. The Hall–Kier alpha value is -2.04. The first kappa shape index (κ1) is 18.3. The summed E-state index contributed by atoms with van der Waals surface area (Å²) in [5, 5.41) is 2.70. The van der Waals surface area contributed by atoms with Crippen molar-refractivity contribution in [1.29, 1.82) is 0 Å². The van der Waals surface area contributed by atoms with Gasteiger partial charge in [0.1, 0.15) is 11.2 Å². The maximum atomic E-state index is 12.7. The molecule has 0 aliphatic heterocycles. The predicted octanol–water partition coefficient (Wildman–Crippen LogP) is 4.48. The Morgan fingerprint density at radius 2 is 1.58 bits per heavy atom. The number of carbonyl (C=O) groups excluding carboxylic acids is 2. The predicted molar refractivity (Wildman–Crippen MR) is 93.5 cm³/mol. The molecule has 1 aromatic carbocycles. The summed E-state index contributed by atoms with van der Waals surface area (Å²) in [6.45, 7) is 10.9. The lowest BCUT2D eigenvalue weighted by molar-refractivity contribution is 0.00697. The average Bonchev–Trinajstić information content (AvgIpc) is 2.81. The van der Waals surface area contributed by atoms with E-state index in [4.69, 9.17) is 9.47 Å². The fourth-order valence-electron chi connectivity index (χ4n) is 2.75. The van der Waals surface area contributed by atoms with Crippen LogP contribution in [0.25, 0.3) is 0 Å². The van der Waals surface area contributed by atoms with Gasteiger partial charge in [0.2, 0.25) is 0 Å². The largest absolute Gasteiger partial charge is 0.456 e. The molecule has 1 aromatic rings.